The second-order valence-electron chi connectivity index (χ2n) is 4.07. The van der Waals surface area contributed by atoms with Gasteiger partial charge in [0.1, 0.15) is 11.5 Å². The van der Waals surface area contributed by atoms with E-state index in [1.165, 1.54) is 19.3 Å². The smallest absolute Gasteiger partial charge is 0.316 e. The van der Waals surface area contributed by atoms with Crippen molar-refractivity contribution in [3.8, 4) is 6.01 Å². The lowest BCUT2D eigenvalue weighted by atomic mass is 9.83. The molecule has 0 amide bonds. The molecule has 5 heteroatoms. The van der Waals surface area contributed by atoms with Gasteiger partial charge in [-0.05, 0) is 18.4 Å². The fraction of sp³-hybridized carbons (Fsp3) is 0.545. The fourth-order valence-electron chi connectivity index (χ4n) is 1.66. The molecule has 0 saturated heterocycles. The van der Waals surface area contributed by atoms with E-state index in [0.29, 0.717) is 18.3 Å². The largest absolute Gasteiger partial charge is 0.463 e. The molecule has 1 aliphatic carbocycles. The lowest BCUT2D eigenvalue weighted by Gasteiger charge is -2.24. The second kappa shape index (κ2) is 4.92. The molecule has 0 unspecified atom stereocenters. The molecule has 86 valence electrons. The summed E-state index contributed by atoms with van der Waals surface area (Å²) >= 11 is 0. The first-order chi connectivity index (χ1) is 7.75. The van der Waals surface area contributed by atoms with E-state index in [-0.39, 0.29) is 5.84 Å². The van der Waals surface area contributed by atoms with E-state index in [2.05, 4.69) is 9.97 Å². The minimum absolute atomic E-state index is 0.0637. The number of hydrogen-bond donors (Lipinski definition) is 2. The van der Waals surface area contributed by atoms with Crippen LogP contribution >= 0.6 is 0 Å². The number of aromatic nitrogens is 2. The average molecular weight is 220 g/mol. The normalized spacial score (nSPS) is 15.5. The summed E-state index contributed by atoms with van der Waals surface area (Å²) < 4.78 is 5.43. The Kier molecular flexibility index (Phi) is 3.34. The SMILES string of the molecule is N=C(N)c1ccnc(OCCC2CCC2)n1. The van der Waals surface area contributed by atoms with E-state index in [9.17, 15) is 0 Å². The summed E-state index contributed by atoms with van der Waals surface area (Å²) in [6, 6.07) is 1.91. The molecule has 1 heterocycles. The lowest BCUT2D eigenvalue weighted by molar-refractivity contribution is 0.212. The summed E-state index contributed by atoms with van der Waals surface area (Å²) in [6.07, 6.45) is 6.60. The highest BCUT2D eigenvalue weighted by Crippen LogP contribution is 2.29. The summed E-state index contributed by atoms with van der Waals surface area (Å²) in [5, 5.41) is 7.25. The van der Waals surface area contributed by atoms with Crippen LogP contribution in [0.25, 0.3) is 0 Å². The van der Waals surface area contributed by atoms with Gasteiger partial charge in [0, 0.05) is 6.20 Å². The Bertz CT molecular complexity index is 376. The number of nitrogen functional groups attached to an aromatic ring is 1. The maximum atomic E-state index is 7.25. The van der Waals surface area contributed by atoms with E-state index < -0.39 is 0 Å². The van der Waals surface area contributed by atoms with Crippen LogP contribution in [-0.4, -0.2) is 22.4 Å². The predicted molar refractivity (Wildman–Crippen MR) is 60.5 cm³/mol. The topological polar surface area (TPSA) is 84.9 Å². The molecule has 0 radical (unpaired) electrons. The molecule has 0 bridgehead atoms. The van der Waals surface area contributed by atoms with Crippen LogP contribution in [0.4, 0.5) is 0 Å². The Labute approximate surface area is 94.6 Å². The summed E-state index contributed by atoms with van der Waals surface area (Å²) in [5.41, 5.74) is 5.74. The standard InChI is InChI=1S/C11H16N4O/c12-10(13)9-4-6-14-11(15-9)16-7-5-8-2-1-3-8/h4,6,8H,1-3,5,7H2,(H3,12,13). The molecule has 0 atom stereocenters. The number of nitrogens with zero attached hydrogens (tertiary/aromatic N) is 2. The highest BCUT2D eigenvalue weighted by atomic mass is 16.5. The summed E-state index contributed by atoms with van der Waals surface area (Å²) in [4.78, 5) is 8.01. The summed E-state index contributed by atoms with van der Waals surface area (Å²) in [5.74, 6) is 0.752. The maximum Gasteiger partial charge on any atom is 0.316 e. The Hall–Kier alpha value is -1.65. The molecule has 1 fully saturated rings. The number of rotatable bonds is 5. The van der Waals surface area contributed by atoms with E-state index in [0.717, 1.165) is 12.3 Å². The monoisotopic (exact) mass is 220 g/mol. The first-order valence-electron chi connectivity index (χ1n) is 5.56. The minimum Gasteiger partial charge on any atom is -0.463 e. The van der Waals surface area contributed by atoms with Gasteiger partial charge in [-0.2, -0.15) is 4.98 Å². The molecule has 3 N–H and O–H groups in total. The van der Waals surface area contributed by atoms with Crippen LogP contribution in [-0.2, 0) is 0 Å². The third-order valence-corrected chi connectivity index (χ3v) is 2.89. The van der Waals surface area contributed by atoms with Crippen molar-refractivity contribution in [2.24, 2.45) is 11.7 Å². The second-order valence-corrected chi connectivity index (χ2v) is 4.07. The van der Waals surface area contributed by atoms with Crippen molar-refractivity contribution < 1.29 is 4.74 Å². The first-order valence-corrected chi connectivity index (χ1v) is 5.56. The first kappa shape index (κ1) is 10.9. The molecule has 1 saturated carbocycles. The van der Waals surface area contributed by atoms with Gasteiger partial charge in [-0.25, -0.2) is 4.98 Å². The van der Waals surface area contributed by atoms with E-state index in [1.54, 1.807) is 12.3 Å². The number of nitrogens with one attached hydrogen (secondary N) is 1. The van der Waals surface area contributed by atoms with Crippen LogP contribution in [0.1, 0.15) is 31.4 Å². The fourth-order valence-corrected chi connectivity index (χ4v) is 1.66. The molecule has 1 aliphatic rings. The van der Waals surface area contributed by atoms with Crippen LogP contribution in [0.5, 0.6) is 6.01 Å². The van der Waals surface area contributed by atoms with Gasteiger partial charge >= 0.3 is 6.01 Å². The van der Waals surface area contributed by atoms with Gasteiger partial charge in [-0.1, -0.05) is 19.3 Å². The van der Waals surface area contributed by atoms with Crippen molar-refractivity contribution in [2.45, 2.75) is 25.7 Å². The molecule has 0 spiro atoms. The van der Waals surface area contributed by atoms with Gasteiger partial charge in [-0.15, -0.1) is 0 Å². The van der Waals surface area contributed by atoms with Crippen LogP contribution in [0, 0.1) is 11.3 Å². The van der Waals surface area contributed by atoms with Crippen molar-refractivity contribution in [1.29, 1.82) is 5.41 Å². The summed E-state index contributed by atoms with van der Waals surface area (Å²) in [6.45, 7) is 0.645. The van der Waals surface area contributed by atoms with Crippen molar-refractivity contribution in [2.75, 3.05) is 6.61 Å². The zero-order chi connectivity index (χ0) is 11.4. The van der Waals surface area contributed by atoms with Crippen LogP contribution < -0.4 is 10.5 Å². The van der Waals surface area contributed by atoms with Gasteiger partial charge in [0.2, 0.25) is 0 Å². The third kappa shape index (κ3) is 2.68. The van der Waals surface area contributed by atoms with E-state index >= 15 is 0 Å². The molecule has 1 aromatic heterocycles. The third-order valence-electron chi connectivity index (χ3n) is 2.89. The van der Waals surface area contributed by atoms with Gasteiger partial charge < -0.3 is 10.5 Å². The van der Waals surface area contributed by atoms with Gasteiger partial charge in [-0.3, -0.25) is 5.41 Å². The maximum absolute atomic E-state index is 7.25. The Balaban J connectivity index is 1.83. The summed E-state index contributed by atoms with van der Waals surface area (Å²) in [7, 11) is 0. The molecule has 5 nitrogen and oxygen atoms in total. The van der Waals surface area contributed by atoms with Crippen LogP contribution in [0.3, 0.4) is 0 Å². The molecule has 0 aromatic carbocycles. The molecule has 16 heavy (non-hydrogen) atoms. The molecule has 0 aliphatic heterocycles. The average Bonchev–Trinajstić information content (AvgIpc) is 2.22. The van der Waals surface area contributed by atoms with E-state index in [4.69, 9.17) is 15.9 Å². The Morgan fingerprint density at radius 1 is 1.56 bits per heavy atom. The highest BCUT2D eigenvalue weighted by Gasteiger charge is 2.17. The number of hydrogen-bond acceptors (Lipinski definition) is 4. The lowest BCUT2D eigenvalue weighted by Crippen LogP contribution is -2.16. The molecule has 2 rings (SSSR count). The minimum atomic E-state index is -0.0637. The highest BCUT2D eigenvalue weighted by molar-refractivity contribution is 5.92. The van der Waals surface area contributed by atoms with Gasteiger partial charge in [0.25, 0.3) is 0 Å². The van der Waals surface area contributed by atoms with Crippen molar-refractivity contribution >= 4 is 5.84 Å². The van der Waals surface area contributed by atoms with Gasteiger partial charge in [0.15, 0.2) is 0 Å². The zero-order valence-corrected chi connectivity index (χ0v) is 9.15. The number of amidine groups is 1. The molecular formula is C11H16N4O. The van der Waals surface area contributed by atoms with Crippen LogP contribution in [0.2, 0.25) is 0 Å². The Morgan fingerprint density at radius 2 is 2.38 bits per heavy atom. The number of nitrogens with two attached hydrogens (primary N) is 1. The predicted octanol–water partition coefficient (Wildman–Crippen LogP) is 1.33. The van der Waals surface area contributed by atoms with Crippen LogP contribution in [0.15, 0.2) is 12.3 Å². The van der Waals surface area contributed by atoms with Gasteiger partial charge in [0.05, 0.1) is 6.61 Å². The van der Waals surface area contributed by atoms with Crippen molar-refractivity contribution in [3.05, 3.63) is 18.0 Å². The quantitative estimate of drug-likeness (QED) is 0.579. The van der Waals surface area contributed by atoms with Crippen molar-refractivity contribution in [3.63, 3.8) is 0 Å². The van der Waals surface area contributed by atoms with E-state index in [1.807, 2.05) is 0 Å². The van der Waals surface area contributed by atoms with Crippen molar-refractivity contribution in [1.82, 2.24) is 9.97 Å². The Morgan fingerprint density at radius 3 is 3.00 bits per heavy atom. The molecular weight excluding hydrogens is 204 g/mol. The zero-order valence-electron chi connectivity index (χ0n) is 9.15. The molecule has 1 aromatic rings. The number of ether oxygens (including phenoxy) is 1.